The van der Waals surface area contributed by atoms with Gasteiger partial charge in [-0.25, -0.2) is 0 Å². The molecule has 0 saturated heterocycles. The lowest BCUT2D eigenvalue weighted by atomic mass is 10.1. The van der Waals surface area contributed by atoms with Crippen molar-refractivity contribution in [1.29, 1.82) is 0 Å². The fourth-order valence-electron chi connectivity index (χ4n) is 1.19. The maximum absolute atomic E-state index is 10.8. The summed E-state index contributed by atoms with van der Waals surface area (Å²) in [5, 5.41) is 0. The van der Waals surface area contributed by atoms with Crippen LogP contribution in [0.2, 0.25) is 0 Å². The Hall–Kier alpha value is -0.830. The highest BCUT2D eigenvalue weighted by atomic mass is 79.9. The van der Waals surface area contributed by atoms with E-state index in [0.29, 0.717) is 6.42 Å². The van der Waals surface area contributed by atoms with Crippen molar-refractivity contribution in [2.45, 2.75) is 19.8 Å². The lowest BCUT2D eigenvalue weighted by molar-refractivity contribution is -0.116. The Labute approximate surface area is 92.4 Å². The number of ketones is 1. The van der Waals surface area contributed by atoms with Gasteiger partial charge in [0.05, 0.1) is 11.6 Å². The van der Waals surface area contributed by atoms with Crippen molar-refractivity contribution in [2.24, 2.45) is 0 Å². The molecule has 0 aliphatic heterocycles. The van der Waals surface area contributed by atoms with E-state index in [0.717, 1.165) is 22.2 Å². The molecule has 14 heavy (non-hydrogen) atoms. The van der Waals surface area contributed by atoms with E-state index in [2.05, 4.69) is 15.9 Å². The molecule has 0 bridgehead atoms. The third kappa shape index (κ3) is 3.14. The van der Waals surface area contributed by atoms with E-state index in [9.17, 15) is 4.79 Å². The topological polar surface area (TPSA) is 26.3 Å². The number of ether oxygens (including phenoxy) is 1. The molecule has 0 amide bonds. The Bertz CT molecular complexity index is 334. The van der Waals surface area contributed by atoms with Gasteiger partial charge in [0.25, 0.3) is 0 Å². The van der Waals surface area contributed by atoms with Crippen LogP contribution in [0.25, 0.3) is 0 Å². The molecule has 0 fully saturated rings. The summed E-state index contributed by atoms with van der Waals surface area (Å²) in [4.78, 5) is 10.8. The van der Waals surface area contributed by atoms with Crippen LogP contribution in [0.3, 0.4) is 0 Å². The van der Waals surface area contributed by atoms with Crippen molar-refractivity contribution < 1.29 is 9.53 Å². The highest BCUT2D eigenvalue weighted by Crippen LogP contribution is 2.25. The van der Waals surface area contributed by atoms with Gasteiger partial charge >= 0.3 is 0 Å². The summed E-state index contributed by atoms with van der Waals surface area (Å²) < 4.78 is 6.04. The predicted octanol–water partition coefficient (Wildman–Crippen LogP) is 2.98. The van der Waals surface area contributed by atoms with Crippen LogP contribution in [-0.2, 0) is 11.2 Å². The molecule has 0 N–H and O–H groups in total. The zero-order chi connectivity index (χ0) is 10.6. The van der Waals surface area contributed by atoms with E-state index in [1.807, 2.05) is 18.2 Å². The van der Waals surface area contributed by atoms with Crippen molar-refractivity contribution in [3.8, 4) is 5.75 Å². The van der Waals surface area contributed by atoms with E-state index in [1.54, 1.807) is 14.0 Å². The molecule has 3 heteroatoms. The molecule has 2 nitrogen and oxygen atoms in total. The van der Waals surface area contributed by atoms with Gasteiger partial charge in [-0.1, -0.05) is 6.07 Å². The standard InChI is InChI=1S/C11H13BrO2/c1-8(13)3-4-9-5-6-11(14-2)10(12)7-9/h5-7H,3-4H2,1-2H3. The molecule has 0 aromatic heterocycles. The molecule has 0 radical (unpaired) electrons. The number of hydrogen-bond donors (Lipinski definition) is 0. The summed E-state index contributed by atoms with van der Waals surface area (Å²) in [6.45, 7) is 1.61. The summed E-state index contributed by atoms with van der Waals surface area (Å²) in [6, 6.07) is 5.87. The number of benzene rings is 1. The van der Waals surface area contributed by atoms with Gasteiger partial charge in [-0.15, -0.1) is 0 Å². The first-order chi connectivity index (χ1) is 6.63. The lowest BCUT2D eigenvalue weighted by Crippen LogP contribution is -1.94. The summed E-state index contributed by atoms with van der Waals surface area (Å²) in [5.74, 6) is 1.04. The first-order valence-electron chi connectivity index (χ1n) is 4.45. The van der Waals surface area contributed by atoms with Gasteiger partial charge in [0, 0.05) is 6.42 Å². The van der Waals surface area contributed by atoms with Crippen LogP contribution in [0.15, 0.2) is 22.7 Å². The molecule has 0 aliphatic rings. The lowest BCUT2D eigenvalue weighted by Gasteiger charge is -2.05. The zero-order valence-corrected chi connectivity index (χ0v) is 9.93. The van der Waals surface area contributed by atoms with Crippen molar-refractivity contribution >= 4 is 21.7 Å². The summed E-state index contributed by atoms with van der Waals surface area (Å²) in [5.41, 5.74) is 1.15. The number of carbonyl (C=O) groups is 1. The minimum Gasteiger partial charge on any atom is -0.496 e. The normalized spacial score (nSPS) is 9.93. The highest BCUT2D eigenvalue weighted by molar-refractivity contribution is 9.10. The van der Waals surface area contributed by atoms with E-state index < -0.39 is 0 Å². The number of Topliss-reactive ketones (excluding diaryl/α,β-unsaturated/α-hetero) is 1. The maximum atomic E-state index is 10.8. The molecule has 0 aliphatic carbocycles. The maximum Gasteiger partial charge on any atom is 0.133 e. The van der Waals surface area contributed by atoms with E-state index in [1.165, 1.54) is 0 Å². The Morgan fingerprint density at radius 3 is 2.71 bits per heavy atom. The molecule has 1 aromatic carbocycles. The minimum atomic E-state index is 0.219. The Morgan fingerprint density at radius 2 is 2.21 bits per heavy atom. The molecule has 0 atom stereocenters. The average Bonchev–Trinajstić information content (AvgIpc) is 2.15. The van der Waals surface area contributed by atoms with Gasteiger partial charge in [0.15, 0.2) is 0 Å². The van der Waals surface area contributed by atoms with E-state index in [-0.39, 0.29) is 5.78 Å². The fraction of sp³-hybridized carbons (Fsp3) is 0.364. The predicted molar refractivity (Wildman–Crippen MR) is 59.7 cm³/mol. The first-order valence-corrected chi connectivity index (χ1v) is 5.24. The average molecular weight is 257 g/mol. The van der Waals surface area contributed by atoms with Crippen LogP contribution >= 0.6 is 15.9 Å². The smallest absolute Gasteiger partial charge is 0.133 e. The molecule has 1 aromatic rings. The van der Waals surface area contributed by atoms with Gasteiger partial charge < -0.3 is 9.53 Å². The number of hydrogen-bond acceptors (Lipinski definition) is 2. The van der Waals surface area contributed by atoms with Gasteiger partial charge in [-0.3, -0.25) is 0 Å². The van der Waals surface area contributed by atoms with Gasteiger partial charge in [0.2, 0.25) is 0 Å². The molecule has 0 saturated carbocycles. The number of carbonyl (C=O) groups excluding carboxylic acids is 1. The van der Waals surface area contributed by atoms with Crippen LogP contribution in [0.5, 0.6) is 5.75 Å². The van der Waals surface area contributed by atoms with Crippen LogP contribution < -0.4 is 4.74 Å². The third-order valence-electron chi connectivity index (χ3n) is 1.98. The molecular weight excluding hydrogens is 244 g/mol. The Balaban J connectivity index is 2.71. The quantitative estimate of drug-likeness (QED) is 0.828. The minimum absolute atomic E-state index is 0.219. The van der Waals surface area contributed by atoms with Gasteiger partial charge in [-0.2, -0.15) is 0 Å². The molecule has 0 spiro atoms. The molecule has 1 rings (SSSR count). The third-order valence-corrected chi connectivity index (χ3v) is 2.60. The SMILES string of the molecule is COc1ccc(CCC(C)=O)cc1Br. The van der Waals surface area contributed by atoms with Crippen LogP contribution in [0, 0.1) is 0 Å². The summed E-state index contributed by atoms with van der Waals surface area (Å²) >= 11 is 3.40. The first kappa shape index (κ1) is 11.2. The van der Waals surface area contributed by atoms with Crippen LogP contribution in [0.1, 0.15) is 18.9 Å². The second-order valence-electron chi connectivity index (χ2n) is 3.17. The Morgan fingerprint density at radius 1 is 1.50 bits per heavy atom. The Kier molecular flexibility index (Phi) is 4.14. The van der Waals surface area contributed by atoms with Crippen molar-refractivity contribution in [3.63, 3.8) is 0 Å². The van der Waals surface area contributed by atoms with Crippen molar-refractivity contribution in [1.82, 2.24) is 0 Å². The zero-order valence-electron chi connectivity index (χ0n) is 8.34. The monoisotopic (exact) mass is 256 g/mol. The van der Waals surface area contributed by atoms with Crippen LogP contribution in [0.4, 0.5) is 0 Å². The van der Waals surface area contributed by atoms with Crippen molar-refractivity contribution in [3.05, 3.63) is 28.2 Å². The molecule has 76 valence electrons. The van der Waals surface area contributed by atoms with E-state index >= 15 is 0 Å². The van der Waals surface area contributed by atoms with Gasteiger partial charge in [0.1, 0.15) is 11.5 Å². The van der Waals surface area contributed by atoms with E-state index in [4.69, 9.17) is 4.74 Å². The van der Waals surface area contributed by atoms with Crippen molar-refractivity contribution in [2.75, 3.05) is 7.11 Å². The summed E-state index contributed by atoms with van der Waals surface area (Å²) in [7, 11) is 1.63. The molecular formula is C11H13BrO2. The second-order valence-corrected chi connectivity index (χ2v) is 4.03. The molecule has 0 unspecified atom stereocenters. The van der Waals surface area contributed by atoms with Gasteiger partial charge in [-0.05, 0) is 47.0 Å². The highest BCUT2D eigenvalue weighted by Gasteiger charge is 2.02. The molecule has 0 heterocycles. The fourth-order valence-corrected chi connectivity index (χ4v) is 1.77. The number of methoxy groups -OCH3 is 1. The second kappa shape index (κ2) is 5.15. The number of halogens is 1. The van der Waals surface area contributed by atoms with Crippen LogP contribution in [-0.4, -0.2) is 12.9 Å². The number of rotatable bonds is 4. The largest absolute Gasteiger partial charge is 0.496 e. The number of aryl methyl sites for hydroxylation is 1. The summed E-state index contributed by atoms with van der Waals surface area (Å²) in [6.07, 6.45) is 1.39.